The summed E-state index contributed by atoms with van der Waals surface area (Å²) < 4.78 is 0. The summed E-state index contributed by atoms with van der Waals surface area (Å²) in [5.74, 6) is -0.391. The van der Waals surface area contributed by atoms with Gasteiger partial charge in [-0.05, 0) is 13.8 Å². The highest BCUT2D eigenvalue weighted by atomic mass is 32.2. The molecule has 0 spiro atoms. The number of rotatable bonds is 1. The van der Waals surface area contributed by atoms with Crippen molar-refractivity contribution in [3.05, 3.63) is 11.1 Å². The number of nitrogens with two attached hydrogens (primary N) is 1. The van der Waals surface area contributed by atoms with Crippen molar-refractivity contribution in [2.24, 2.45) is 10.7 Å². The maximum absolute atomic E-state index is 10.7. The fourth-order valence-electron chi connectivity index (χ4n) is 0.693. The average molecular weight is 170 g/mol. The number of thioether (sulfide) groups is 1. The van der Waals surface area contributed by atoms with Crippen LogP contribution in [0.25, 0.3) is 0 Å². The van der Waals surface area contributed by atoms with Gasteiger partial charge in [-0.15, -0.1) is 11.8 Å². The molecule has 0 aromatic rings. The highest BCUT2D eigenvalue weighted by Gasteiger charge is 2.16. The van der Waals surface area contributed by atoms with Crippen molar-refractivity contribution in [3.8, 4) is 0 Å². The number of hydrogen-bond acceptors (Lipinski definition) is 3. The largest absolute Gasteiger partial charge is 0.365 e. The Labute approximate surface area is 69.8 Å². The molecule has 1 aliphatic heterocycles. The molecule has 0 saturated carbocycles. The smallest absolute Gasteiger partial charge is 0.256 e. The third-order valence-corrected chi connectivity index (χ3v) is 2.78. The van der Waals surface area contributed by atoms with Crippen molar-refractivity contribution in [1.29, 1.82) is 0 Å². The van der Waals surface area contributed by atoms with E-state index in [0.29, 0.717) is 4.91 Å². The Morgan fingerprint density at radius 2 is 2.45 bits per heavy atom. The molecule has 3 nitrogen and oxygen atoms in total. The molecule has 0 fully saturated rings. The van der Waals surface area contributed by atoms with E-state index < -0.39 is 5.91 Å². The Morgan fingerprint density at radius 1 is 1.82 bits per heavy atom. The fourth-order valence-corrected chi connectivity index (χ4v) is 1.54. The number of carbonyl (C=O) groups is 1. The lowest BCUT2D eigenvalue weighted by Gasteiger charge is -2.14. The summed E-state index contributed by atoms with van der Waals surface area (Å²) in [6.45, 7) is 3.94. The van der Waals surface area contributed by atoms with Crippen molar-refractivity contribution >= 4 is 23.4 Å². The predicted octanol–water partition coefficient (Wildman–Crippen LogP) is 0.909. The van der Waals surface area contributed by atoms with Crippen LogP contribution in [0.3, 0.4) is 0 Å². The van der Waals surface area contributed by atoms with Gasteiger partial charge >= 0.3 is 0 Å². The molecule has 0 aliphatic carbocycles. The van der Waals surface area contributed by atoms with Gasteiger partial charge in [0, 0.05) is 17.2 Å². The Kier molecular flexibility index (Phi) is 2.34. The second kappa shape index (κ2) is 3.09. The molecule has 1 rings (SSSR count). The third kappa shape index (κ3) is 1.83. The lowest BCUT2D eigenvalue weighted by atomic mass is 10.3. The zero-order chi connectivity index (χ0) is 8.43. The molecule has 0 aromatic heterocycles. The topological polar surface area (TPSA) is 55.4 Å². The molecule has 0 bridgehead atoms. The maximum Gasteiger partial charge on any atom is 0.256 e. The molecule has 0 unspecified atom stereocenters. The van der Waals surface area contributed by atoms with Gasteiger partial charge in [-0.3, -0.25) is 9.79 Å². The van der Waals surface area contributed by atoms with Gasteiger partial charge in [-0.25, -0.2) is 0 Å². The van der Waals surface area contributed by atoms with Crippen molar-refractivity contribution < 1.29 is 4.79 Å². The minimum Gasteiger partial charge on any atom is -0.365 e. The van der Waals surface area contributed by atoms with Crippen LogP contribution < -0.4 is 5.73 Å². The lowest BCUT2D eigenvalue weighted by molar-refractivity contribution is -0.113. The molecular formula is C7H10N2OS. The van der Waals surface area contributed by atoms with Gasteiger partial charge in [-0.1, -0.05) is 0 Å². The molecular weight excluding hydrogens is 160 g/mol. The maximum atomic E-state index is 10.7. The Bertz CT molecular complexity index is 245. The first-order valence-corrected chi connectivity index (χ1v) is 4.20. The summed E-state index contributed by atoms with van der Waals surface area (Å²) in [6.07, 6.45) is 1.53. The van der Waals surface area contributed by atoms with Crippen LogP contribution in [0.2, 0.25) is 0 Å². The van der Waals surface area contributed by atoms with Crippen LogP contribution >= 0.6 is 11.8 Å². The molecule has 0 radical (unpaired) electrons. The molecule has 1 atom stereocenters. The second-order valence-corrected chi connectivity index (χ2v) is 3.77. The third-order valence-electron chi connectivity index (χ3n) is 1.52. The van der Waals surface area contributed by atoms with Crippen LogP contribution in [-0.4, -0.2) is 16.9 Å². The van der Waals surface area contributed by atoms with Gasteiger partial charge in [0.15, 0.2) is 0 Å². The van der Waals surface area contributed by atoms with E-state index in [-0.39, 0.29) is 5.25 Å². The van der Waals surface area contributed by atoms with Gasteiger partial charge in [0.1, 0.15) is 0 Å². The normalized spacial score (nSPS) is 24.0. The number of primary amides is 1. The van der Waals surface area contributed by atoms with Crippen molar-refractivity contribution in [1.82, 2.24) is 0 Å². The van der Waals surface area contributed by atoms with Crippen LogP contribution in [-0.2, 0) is 4.79 Å². The number of hydrogen-bond donors (Lipinski definition) is 1. The first-order chi connectivity index (χ1) is 5.11. The van der Waals surface area contributed by atoms with Gasteiger partial charge in [0.25, 0.3) is 5.91 Å². The van der Waals surface area contributed by atoms with Crippen LogP contribution in [0, 0.1) is 0 Å². The Morgan fingerprint density at radius 3 is 2.91 bits per heavy atom. The Balaban J connectivity index is 2.82. The summed E-state index contributed by atoms with van der Waals surface area (Å²) in [5.41, 5.74) is 6.11. The molecule has 60 valence electrons. The lowest BCUT2D eigenvalue weighted by Crippen LogP contribution is -2.19. The van der Waals surface area contributed by atoms with Gasteiger partial charge in [-0.2, -0.15) is 0 Å². The minimum absolute atomic E-state index is 0.266. The first-order valence-electron chi connectivity index (χ1n) is 3.32. The highest BCUT2D eigenvalue weighted by molar-refractivity contribution is 8.05. The fraction of sp³-hybridized carbons (Fsp3) is 0.429. The summed E-state index contributed by atoms with van der Waals surface area (Å²) in [6, 6.07) is 0. The average Bonchev–Trinajstić information content (AvgIpc) is 1.94. The van der Waals surface area contributed by atoms with Crippen LogP contribution in [0.5, 0.6) is 0 Å². The highest BCUT2D eigenvalue weighted by Crippen LogP contribution is 2.25. The SMILES string of the molecule is CC1=NC=C(C(N)=O)S[C@H]1C. The predicted molar refractivity (Wildman–Crippen MR) is 47.4 cm³/mol. The van der Waals surface area contributed by atoms with E-state index in [2.05, 4.69) is 4.99 Å². The number of amides is 1. The molecule has 0 aromatic carbocycles. The Hall–Kier alpha value is -0.770. The van der Waals surface area contributed by atoms with Crippen molar-refractivity contribution in [2.75, 3.05) is 0 Å². The standard InChI is InChI=1S/C7H10N2OS/c1-4-5(2)11-6(3-9-4)7(8)10/h3,5H,1-2H3,(H2,8,10)/t5-/m0/s1. The van der Waals surface area contributed by atoms with E-state index >= 15 is 0 Å². The first kappa shape index (κ1) is 8.33. The monoisotopic (exact) mass is 170 g/mol. The van der Waals surface area contributed by atoms with E-state index in [0.717, 1.165) is 5.71 Å². The molecule has 1 amide bonds. The molecule has 1 heterocycles. The zero-order valence-electron chi connectivity index (χ0n) is 6.50. The van der Waals surface area contributed by atoms with E-state index in [1.807, 2.05) is 13.8 Å². The quantitative estimate of drug-likeness (QED) is 0.636. The van der Waals surface area contributed by atoms with Crippen LogP contribution in [0.15, 0.2) is 16.1 Å². The van der Waals surface area contributed by atoms with E-state index in [1.165, 1.54) is 18.0 Å². The molecule has 1 aliphatic rings. The molecule has 11 heavy (non-hydrogen) atoms. The van der Waals surface area contributed by atoms with Gasteiger partial charge < -0.3 is 5.73 Å². The molecule has 0 saturated heterocycles. The van der Waals surface area contributed by atoms with E-state index in [1.54, 1.807) is 0 Å². The van der Waals surface area contributed by atoms with Gasteiger partial charge in [0.2, 0.25) is 0 Å². The number of nitrogens with zero attached hydrogens (tertiary/aromatic N) is 1. The van der Waals surface area contributed by atoms with Crippen molar-refractivity contribution in [3.63, 3.8) is 0 Å². The summed E-state index contributed by atoms with van der Waals surface area (Å²) in [4.78, 5) is 15.3. The zero-order valence-corrected chi connectivity index (χ0v) is 7.31. The number of carbonyl (C=O) groups excluding carboxylic acids is 1. The number of aliphatic imine (C=N–C) groups is 1. The van der Waals surface area contributed by atoms with E-state index in [4.69, 9.17) is 5.73 Å². The second-order valence-electron chi connectivity index (χ2n) is 2.39. The molecule has 2 N–H and O–H groups in total. The minimum atomic E-state index is -0.391. The van der Waals surface area contributed by atoms with Crippen molar-refractivity contribution in [2.45, 2.75) is 19.1 Å². The summed E-state index contributed by atoms with van der Waals surface area (Å²) in [5, 5.41) is 0.266. The van der Waals surface area contributed by atoms with Crippen LogP contribution in [0.4, 0.5) is 0 Å². The van der Waals surface area contributed by atoms with Gasteiger partial charge in [0.05, 0.1) is 4.91 Å². The van der Waals surface area contributed by atoms with E-state index in [9.17, 15) is 4.79 Å². The summed E-state index contributed by atoms with van der Waals surface area (Å²) >= 11 is 1.46. The summed E-state index contributed by atoms with van der Waals surface area (Å²) in [7, 11) is 0. The molecule has 4 heteroatoms. The van der Waals surface area contributed by atoms with Crippen LogP contribution in [0.1, 0.15) is 13.8 Å².